The molecule has 7 nitrogen and oxygen atoms in total. The lowest BCUT2D eigenvalue weighted by molar-refractivity contribution is 0.734. The van der Waals surface area contributed by atoms with Crippen molar-refractivity contribution < 1.29 is 0 Å². The van der Waals surface area contributed by atoms with E-state index < -0.39 is 0 Å². The largest absolute Gasteiger partial charge is 0.361 e. The lowest BCUT2D eigenvalue weighted by Gasteiger charge is -2.09. The SMILES string of the molecule is c1ccc(Cn2ccnc2CNc2ncnc3nc[nH]c23)cc1. The van der Waals surface area contributed by atoms with Crippen molar-refractivity contribution in [1.29, 1.82) is 0 Å². The Morgan fingerprint density at radius 2 is 1.96 bits per heavy atom. The monoisotopic (exact) mass is 305 g/mol. The van der Waals surface area contributed by atoms with Crippen molar-refractivity contribution in [2.24, 2.45) is 0 Å². The molecule has 0 spiro atoms. The average molecular weight is 305 g/mol. The number of rotatable bonds is 5. The first-order valence-corrected chi connectivity index (χ1v) is 7.32. The standard InChI is InChI=1S/C16H15N7/c1-2-4-12(5-3-1)9-23-7-6-17-13(23)8-18-15-14-16(20-10-19-14)22-11-21-15/h1-7,10-11H,8-9H2,(H2,18,19,20,21,22). The maximum absolute atomic E-state index is 4.43. The first kappa shape index (κ1) is 13.4. The van der Waals surface area contributed by atoms with Gasteiger partial charge in [0.15, 0.2) is 11.5 Å². The molecule has 0 aliphatic heterocycles. The first-order chi connectivity index (χ1) is 11.4. The molecule has 0 fully saturated rings. The van der Waals surface area contributed by atoms with Gasteiger partial charge in [0.2, 0.25) is 0 Å². The van der Waals surface area contributed by atoms with Gasteiger partial charge >= 0.3 is 0 Å². The maximum Gasteiger partial charge on any atom is 0.182 e. The quantitative estimate of drug-likeness (QED) is 0.590. The van der Waals surface area contributed by atoms with Crippen LogP contribution in [0, 0.1) is 0 Å². The second-order valence-electron chi connectivity index (χ2n) is 5.13. The topological polar surface area (TPSA) is 84.3 Å². The highest BCUT2D eigenvalue weighted by molar-refractivity contribution is 5.81. The summed E-state index contributed by atoms with van der Waals surface area (Å²) < 4.78 is 2.12. The van der Waals surface area contributed by atoms with Crippen LogP contribution >= 0.6 is 0 Å². The Morgan fingerprint density at radius 3 is 2.87 bits per heavy atom. The fourth-order valence-corrected chi connectivity index (χ4v) is 2.49. The van der Waals surface area contributed by atoms with E-state index in [4.69, 9.17) is 0 Å². The summed E-state index contributed by atoms with van der Waals surface area (Å²) >= 11 is 0. The lowest BCUT2D eigenvalue weighted by atomic mass is 10.2. The molecule has 4 rings (SSSR count). The molecule has 0 aliphatic carbocycles. The molecule has 0 bridgehead atoms. The summed E-state index contributed by atoms with van der Waals surface area (Å²) in [6, 6.07) is 10.3. The second kappa shape index (κ2) is 5.88. The summed E-state index contributed by atoms with van der Waals surface area (Å²) in [6.45, 7) is 1.37. The van der Waals surface area contributed by atoms with E-state index >= 15 is 0 Å². The van der Waals surface area contributed by atoms with Gasteiger partial charge in [0.05, 0.1) is 12.9 Å². The van der Waals surface area contributed by atoms with Crippen LogP contribution in [-0.2, 0) is 13.1 Å². The van der Waals surface area contributed by atoms with Crippen molar-refractivity contribution >= 4 is 17.0 Å². The Labute approximate surface area is 132 Å². The highest BCUT2D eigenvalue weighted by Gasteiger charge is 2.08. The minimum absolute atomic E-state index is 0.574. The van der Waals surface area contributed by atoms with Crippen LogP contribution in [0.2, 0.25) is 0 Å². The van der Waals surface area contributed by atoms with Gasteiger partial charge in [0, 0.05) is 18.9 Å². The van der Waals surface area contributed by atoms with Gasteiger partial charge in [-0.25, -0.2) is 19.9 Å². The second-order valence-corrected chi connectivity index (χ2v) is 5.13. The maximum atomic E-state index is 4.43. The molecule has 2 N–H and O–H groups in total. The van der Waals surface area contributed by atoms with Crippen molar-refractivity contribution in [3.63, 3.8) is 0 Å². The zero-order chi connectivity index (χ0) is 15.5. The number of fused-ring (bicyclic) bond motifs is 1. The van der Waals surface area contributed by atoms with Crippen molar-refractivity contribution in [1.82, 2.24) is 29.5 Å². The summed E-state index contributed by atoms with van der Waals surface area (Å²) in [4.78, 5) is 20.0. The van der Waals surface area contributed by atoms with Crippen LogP contribution in [0.3, 0.4) is 0 Å². The van der Waals surface area contributed by atoms with E-state index in [1.165, 1.54) is 11.9 Å². The lowest BCUT2D eigenvalue weighted by Crippen LogP contribution is -2.10. The normalized spacial score (nSPS) is 11.0. The molecule has 0 unspecified atom stereocenters. The third kappa shape index (κ3) is 2.76. The number of nitrogens with one attached hydrogen (secondary N) is 2. The molecular weight excluding hydrogens is 290 g/mol. The molecule has 3 heterocycles. The number of hydrogen-bond donors (Lipinski definition) is 2. The highest BCUT2D eigenvalue weighted by Crippen LogP contribution is 2.15. The summed E-state index contributed by atoms with van der Waals surface area (Å²) in [5.74, 6) is 1.67. The van der Waals surface area contributed by atoms with Crippen molar-refractivity contribution in [3.8, 4) is 0 Å². The smallest absolute Gasteiger partial charge is 0.182 e. The number of imidazole rings is 2. The van der Waals surface area contributed by atoms with E-state index in [0.29, 0.717) is 12.2 Å². The zero-order valence-electron chi connectivity index (χ0n) is 12.3. The van der Waals surface area contributed by atoms with Crippen molar-refractivity contribution in [2.75, 3.05) is 5.32 Å². The Morgan fingerprint density at radius 1 is 1.04 bits per heavy atom. The van der Waals surface area contributed by atoms with Gasteiger partial charge in [-0.05, 0) is 5.56 Å². The van der Waals surface area contributed by atoms with Crippen LogP contribution in [0.4, 0.5) is 5.82 Å². The van der Waals surface area contributed by atoms with Gasteiger partial charge < -0.3 is 14.9 Å². The molecule has 0 amide bonds. The summed E-state index contributed by atoms with van der Waals surface area (Å²) in [6.07, 6.45) is 6.91. The molecule has 3 aromatic heterocycles. The minimum atomic E-state index is 0.574. The average Bonchev–Trinajstić information content (AvgIpc) is 3.23. The van der Waals surface area contributed by atoms with Crippen LogP contribution in [0.5, 0.6) is 0 Å². The Balaban J connectivity index is 1.52. The minimum Gasteiger partial charge on any atom is -0.361 e. The Bertz CT molecular complexity index is 910. The van der Waals surface area contributed by atoms with Gasteiger partial charge in [0.25, 0.3) is 0 Å². The van der Waals surface area contributed by atoms with E-state index in [0.717, 1.165) is 23.7 Å². The molecule has 23 heavy (non-hydrogen) atoms. The van der Waals surface area contributed by atoms with Crippen molar-refractivity contribution in [3.05, 3.63) is 66.8 Å². The molecule has 0 aliphatic rings. The van der Waals surface area contributed by atoms with E-state index in [2.05, 4.69) is 46.9 Å². The third-order valence-electron chi connectivity index (χ3n) is 3.63. The van der Waals surface area contributed by atoms with Gasteiger partial charge in [-0.1, -0.05) is 30.3 Å². The first-order valence-electron chi connectivity index (χ1n) is 7.32. The number of aromatic nitrogens is 6. The van der Waals surface area contributed by atoms with Crippen molar-refractivity contribution in [2.45, 2.75) is 13.1 Å². The summed E-state index contributed by atoms with van der Waals surface area (Å²) in [5.41, 5.74) is 2.69. The van der Waals surface area contributed by atoms with E-state index in [9.17, 15) is 0 Å². The fraction of sp³-hybridized carbons (Fsp3) is 0.125. The van der Waals surface area contributed by atoms with Gasteiger partial charge in [-0.3, -0.25) is 0 Å². The summed E-state index contributed by atoms with van der Waals surface area (Å²) in [5, 5.41) is 3.30. The third-order valence-corrected chi connectivity index (χ3v) is 3.63. The fourth-order valence-electron chi connectivity index (χ4n) is 2.49. The Hall–Kier alpha value is -3.22. The van der Waals surface area contributed by atoms with E-state index in [1.54, 1.807) is 6.33 Å². The van der Waals surface area contributed by atoms with Gasteiger partial charge in [-0.15, -0.1) is 0 Å². The van der Waals surface area contributed by atoms with Crippen LogP contribution < -0.4 is 5.32 Å². The predicted molar refractivity (Wildman–Crippen MR) is 86.8 cm³/mol. The number of benzene rings is 1. The molecule has 114 valence electrons. The van der Waals surface area contributed by atoms with Crippen LogP contribution in [-0.4, -0.2) is 29.5 Å². The highest BCUT2D eigenvalue weighted by atomic mass is 15.1. The molecule has 0 atom stereocenters. The van der Waals surface area contributed by atoms with Gasteiger partial charge in [0.1, 0.15) is 17.7 Å². The number of anilines is 1. The summed E-state index contributed by atoms with van der Waals surface area (Å²) in [7, 11) is 0. The van der Waals surface area contributed by atoms with E-state index in [-0.39, 0.29) is 0 Å². The molecule has 7 heteroatoms. The molecular formula is C16H15N7. The molecule has 0 radical (unpaired) electrons. The molecule has 0 saturated heterocycles. The van der Waals surface area contributed by atoms with Crippen LogP contribution in [0.1, 0.15) is 11.4 Å². The number of nitrogens with zero attached hydrogens (tertiary/aromatic N) is 5. The number of H-pyrrole nitrogens is 1. The molecule has 4 aromatic rings. The number of aromatic amines is 1. The van der Waals surface area contributed by atoms with E-state index in [1.807, 2.05) is 30.6 Å². The number of hydrogen-bond acceptors (Lipinski definition) is 5. The molecule has 1 aromatic carbocycles. The molecule has 0 saturated carbocycles. The van der Waals surface area contributed by atoms with Crippen LogP contribution in [0.25, 0.3) is 11.2 Å². The van der Waals surface area contributed by atoms with Gasteiger partial charge in [-0.2, -0.15) is 0 Å². The van der Waals surface area contributed by atoms with Crippen LogP contribution in [0.15, 0.2) is 55.4 Å². The Kier molecular flexibility index (Phi) is 3.44. The predicted octanol–water partition coefficient (Wildman–Crippen LogP) is 2.21. The zero-order valence-corrected chi connectivity index (χ0v) is 12.3.